The van der Waals surface area contributed by atoms with Crippen LogP contribution in [0.5, 0.6) is 0 Å². The average molecular weight is 306 g/mol. The Morgan fingerprint density at radius 3 is 2.70 bits per heavy atom. The van der Waals surface area contributed by atoms with Crippen LogP contribution in [0.25, 0.3) is 22.1 Å². The Bertz CT molecular complexity index is 887. The molecule has 0 amide bonds. The largest absolute Gasteiger partial charge is 0.436 e. The quantitative estimate of drug-likeness (QED) is 0.629. The Morgan fingerprint density at radius 1 is 1.09 bits per heavy atom. The summed E-state index contributed by atoms with van der Waals surface area (Å²) in [6.07, 6.45) is 7.23. The van der Waals surface area contributed by atoms with E-state index in [2.05, 4.69) is 41.9 Å². The van der Waals surface area contributed by atoms with E-state index in [1.54, 1.807) is 0 Å². The predicted molar refractivity (Wildman–Crippen MR) is 93.9 cm³/mol. The van der Waals surface area contributed by atoms with Gasteiger partial charge in [0, 0.05) is 29.1 Å². The molecular formula is C20H22N2O. The van der Waals surface area contributed by atoms with Gasteiger partial charge in [0.1, 0.15) is 0 Å². The number of piperidine rings is 2. The number of benzene rings is 1. The lowest BCUT2D eigenvalue weighted by molar-refractivity contribution is 0.200. The Hall–Kier alpha value is -2.03. The summed E-state index contributed by atoms with van der Waals surface area (Å²) in [6.45, 7) is 4.61. The zero-order valence-corrected chi connectivity index (χ0v) is 13.7. The molecule has 1 unspecified atom stereocenters. The summed E-state index contributed by atoms with van der Waals surface area (Å²) < 4.78 is 6.22. The fourth-order valence-electron chi connectivity index (χ4n) is 4.89. The Morgan fingerprint density at radius 2 is 1.91 bits per heavy atom. The van der Waals surface area contributed by atoms with E-state index in [1.807, 2.05) is 12.3 Å². The molecule has 0 spiro atoms. The fraction of sp³-hybridized carbons (Fsp3) is 0.450. The minimum absolute atomic E-state index is 0.605. The van der Waals surface area contributed by atoms with Gasteiger partial charge >= 0.3 is 0 Å². The highest BCUT2D eigenvalue weighted by Crippen LogP contribution is 2.46. The second-order valence-corrected chi connectivity index (χ2v) is 7.28. The third kappa shape index (κ3) is 1.79. The summed E-state index contributed by atoms with van der Waals surface area (Å²) in [4.78, 5) is 7.08. The number of anilines is 1. The first kappa shape index (κ1) is 13.4. The van der Waals surface area contributed by atoms with Gasteiger partial charge in [-0.25, -0.2) is 4.98 Å². The molecule has 2 bridgehead atoms. The minimum atomic E-state index is 0.605. The molecule has 3 heteroatoms. The van der Waals surface area contributed by atoms with Crippen molar-refractivity contribution >= 4 is 27.8 Å². The van der Waals surface area contributed by atoms with E-state index in [-0.39, 0.29) is 0 Å². The summed E-state index contributed by atoms with van der Waals surface area (Å²) in [5, 5.41) is 2.32. The van der Waals surface area contributed by atoms with Crippen LogP contribution in [0.4, 0.5) is 5.69 Å². The molecule has 1 aromatic carbocycles. The van der Waals surface area contributed by atoms with Crippen molar-refractivity contribution in [2.24, 2.45) is 5.92 Å². The molecule has 23 heavy (non-hydrogen) atoms. The summed E-state index contributed by atoms with van der Waals surface area (Å²) in [7, 11) is 0. The first-order valence-electron chi connectivity index (χ1n) is 8.79. The van der Waals surface area contributed by atoms with Crippen LogP contribution in [0, 0.1) is 12.8 Å². The molecule has 3 aliphatic rings. The predicted octanol–water partition coefficient (Wildman–Crippen LogP) is 5.06. The lowest BCUT2D eigenvalue weighted by Crippen LogP contribution is -2.54. The van der Waals surface area contributed by atoms with E-state index in [9.17, 15) is 0 Å². The first-order valence-corrected chi connectivity index (χ1v) is 8.79. The Labute approximate surface area is 136 Å². The number of rotatable bonds is 1. The van der Waals surface area contributed by atoms with Crippen LogP contribution in [0.15, 0.2) is 34.9 Å². The standard InChI is InChI=1S/C20H22N2O/c1-12-5-10-16-17-4-3-11-21-20(17)23-19(16)18(12)22-13(2)14-6-8-15(22)9-7-14/h3-5,10-11,13-15H,6-9H2,1-2H3. The Balaban J connectivity index is 1.79. The van der Waals surface area contributed by atoms with Crippen molar-refractivity contribution in [3.63, 3.8) is 0 Å². The van der Waals surface area contributed by atoms with Gasteiger partial charge < -0.3 is 9.32 Å². The highest BCUT2D eigenvalue weighted by atomic mass is 16.3. The second-order valence-electron chi connectivity index (χ2n) is 7.28. The molecule has 3 fully saturated rings. The van der Waals surface area contributed by atoms with Gasteiger partial charge in [0.2, 0.25) is 5.71 Å². The van der Waals surface area contributed by atoms with Crippen LogP contribution in [0.2, 0.25) is 0 Å². The molecule has 2 saturated heterocycles. The van der Waals surface area contributed by atoms with E-state index in [4.69, 9.17) is 4.42 Å². The monoisotopic (exact) mass is 306 g/mol. The maximum absolute atomic E-state index is 6.22. The summed E-state index contributed by atoms with van der Waals surface area (Å²) in [5.41, 5.74) is 4.40. The van der Waals surface area contributed by atoms with Gasteiger partial charge in [-0.2, -0.15) is 0 Å². The molecule has 1 aliphatic carbocycles. The molecule has 1 saturated carbocycles. The molecule has 2 aliphatic heterocycles. The van der Waals surface area contributed by atoms with Gasteiger partial charge in [0.15, 0.2) is 5.58 Å². The van der Waals surface area contributed by atoms with Crippen LogP contribution >= 0.6 is 0 Å². The molecule has 3 nitrogen and oxygen atoms in total. The molecule has 118 valence electrons. The normalized spacial score (nSPS) is 27.2. The molecule has 4 heterocycles. The van der Waals surface area contributed by atoms with Crippen molar-refractivity contribution in [1.82, 2.24) is 4.98 Å². The molecule has 6 rings (SSSR count). The lowest BCUT2D eigenvalue weighted by atomic mass is 9.74. The highest BCUT2D eigenvalue weighted by molar-refractivity contribution is 6.08. The molecule has 0 radical (unpaired) electrons. The number of hydrogen-bond donors (Lipinski definition) is 0. The smallest absolute Gasteiger partial charge is 0.227 e. The van der Waals surface area contributed by atoms with E-state index in [0.717, 1.165) is 22.6 Å². The third-order valence-electron chi connectivity index (χ3n) is 6.11. The van der Waals surface area contributed by atoms with Gasteiger partial charge in [0.05, 0.1) is 5.69 Å². The van der Waals surface area contributed by atoms with E-state index >= 15 is 0 Å². The van der Waals surface area contributed by atoms with Crippen LogP contribution in [0.3, 0.4) is 0 Å². The number of nitrogens with zero attached hydrogens (tertiary/aromatic N) is 2. The topological polar surface area (TPSA) is 29.3 Å². The van der Waals surface area contributed by atoms with Gasteiger partial charge in [-0.15, -0.1) is 0 Å². The summed E-state index contributed by atoms with van der Waals surface area (Å²) >= 11 is 0. The minimum Gasteiger partial charge on any atom is -0.436 e. The van der Waals surface area contributed by atoms with Crippen LogP contribution in [0.1, 0.15) is 38.2 Å². The van der Waals surface area contributed by atoms with Crippen molar-refractivity contribution in [1.29, 1.82) is 0 Å². The van der Waals surface area contributed by atoms with Gasteiger partial charge in [-0.3, -0.25) is 0 Å². The van der Waals surface area contributed by atoms with Crippen molar-refractivity contribution in [2.75, 3.05) is 4.90 Å². The molecule has 3 aromatic rings. The number of aryl methyl sites for hydroxylation is 1. The van der Waals surface area contributed by atoms with Crippen molar-refractivity contribution in [2.45, 2.75) is 51.6 Å². The molecule has 1 atom stereocenters. The van der Waals surface area contributed by atoms with Crippen molar-refractivity contribution in [3.05, 3.63) is 36.0 Å². The third-order valence-corrected chi connectivity index (χ3v) is 6.11. The van der Waals surface area contributed by atoms with Gasteiger partial charge in [-0.1, -0.05) is 12.1 Å². The zero-order valence-electron chi connectivity index (χ0n) is 13.7. The molecule has 0 N–H and O–H groups in total. The summed E-state index contributed by atoms with van der Waals surface area (Å²) in [5.74, 6) is 0.831. The van der Waals surface area contributed by atoms with E-state index in [1.165, 1.54) is 42.3 Å². The number of furan rings is 1. The van der Waals surface area contributed by atoms with Gasteiger partial charge in [-0.05, 0) is 63.1 Å². The first-order chi connectivity index (χ1) is 11.2. The van der Waals surface area contributed by atoms with Crippen LogP contribution in [-0.2, 0) is 0 Å². The number of fused-ring (bicyclic) bond motifs is 6. The van der Waals surface area contributed by atoms with Crippen LogP contribution < -0.4 is 4.90 Å². The number of aromatic nitrogens is 1. The number of pyridine rings is 1. The van der Waals surface area contributed by atoms with Crippen LogP contribution in [-0.4, -0.2) is 17.1 Å². The maximum atomic E-state index is 6.22. The molecule has 2 aromatic heterocycles. The average Bonchev–Trinajstić information content (AvgIpc) is 2.95. The van der Waals surface area contributed by atoms with Crippen molar-refractivity contribution in [3.8, 4) is 0 Å². The van der Waals surface area contributed by atoms with Crippen molar-refractivity contribution < 1.29 is 4.42 Å². The van der Waals surface area contributed by atoms with Gasteiger partial charge in [0.25, 0.3) is 0 Å². The summed E-state index contributed by atoms with van der Waals surface area (Å²) in [6, 6.07) is 9.80. The number of hydrogen-bond acceptors (Lipinski definition) is 3. The zero-order chi connectivity index (χ0) is 15.6. The van der Waals surface area contributed by atoms with E-state index in [0.29, 0.717) is 12.1 Å². The SMILES string of the molecule is Cc1ccc2c(oc3ncccc32)c1N1C2CCC(CC2)C1C. The van der Waals surface area contributed by atoms with E-state index < -0.39 is 0 Å². The Kier molecular flexibility index (Phi) is 2.76. The maximum Gasteiger partial charge on any atom is 0.227 e. The fourth-order valence-corrected chi connectivity index (χ4v) is 4.89. The molecular weight excluding hydrogens is 284 g/mol. The second kappa shape index (κ2) is 4.73. The lowest BCUT2D eigenvalue weighted by Gasteiger charge is -2.52. The highest BCUT2D eigenvalue weighted by Gasteiger charge is 2.40.